The van der Waals surface area contributed by atoms with Gasteiger partial charge < -0.3 is 14.8 Å². The standard InChI is InChI=1S/C16H24FNO2/c1-12(8-15-4-3-7-20-15)18-10-13-5-6-16(17)14(9-13)11-19-2/h5-6,9,12,15,18H,3-4,7-8,10-11H2,1-2H3/t12-,15+/m0/s1. The number of hydrogen-bond acceptors (Lipinski definition) is 3. The number of methoxy groups -OCH3 is 1. The normalized spacial score (nSPS) is 20.2. The van der Waals surface area contributed by atoms with Gasteiger partial charge in [0, 0.05) is 31.9 Å². The van der Waals surface area contributed by atoms with Gasteiger partial charge in [-0.15, -0.1) is 0 Å². The van der Waals surface area contributed by atoms with Crippen molar-refractivity contribution in [2.24, 2.45) is 0 Å². The van der Waals surface area contributed by atoms with E-state index in [4.69, 9.17) is 9.47 Å². The van der Waals surface area contributed by atoms with Crippen molar-refractivity contribution in [2.45, 2.75) is 51.5 Å². The van der Waals surface area contributed by atoms with Crippen LogP contribution in [0.5, 0.6) is 0 Å². The van der Waals surface area contributed by atoms with Gasteiger partial charge in [0.05, 0.1) is 12.7 Å². The highest BCUT2D eigenvalue weighted by Gasteiger charge is 2.18. The molecule has 3 nitrogen and oxygen atoms in total. The molecule has 1 heterocycles. The van der Waals surface area contributed by atoms with E-state index >= 15 is 0 Å². The van der Waals surface area contributed by atoms with Crippen molar-refractivity contribution in [1.29, 1.82) is 0 Å². The maximum atomic E-state index is 13.5. The van der Waals surface area contributed by atoms with Crippen molar-refractivity contribution in [1.82, 2.24) is 5.32 Å². The first-order valence-electron chi connectivity index (χ1n) is 7.30. The Morgan fingerprint density at radius 1 is 1.50 bits per heavy atom. The van der Waals surface area contributed by atoms with Crippen LogP contribution in [0.25, 0.3) is 0 Å². The molecule has 2 rings (SSSR count). The molecule has 20 heavy (non-hydrogen) atoms. The van der Waals surface area contributed by atoms with Crippen molar-refractivity contribution in [3.8, 4) is 0 Å². The second-order valence-corrected chi connectivity index (χ2v) is 5.51. The first-order valence-corrected chi connectivity index (χ1v) is 7.30. The molecular formula is C16H24FNO2. The summed E-state index contributed by atoms with van der Waals surface area (Å²) in [6.07, 6.45) is 3.78. The molecule has 1 aliphatic rings. The zero-order valence-electron chi connectivity index (χ0n) is 12.3. The van der Waals surface area contributed by atoms with Gasteiger partial charge in [-0.1, -0.05) is 6.07 Å². The fraction of sp³-hybridized carbons (Fsp3) is 0.625. The zero-order valence-corrected chi connectivity index (χ0v) is 12.3. The van der Waals surface area contributed by atoms with Crippen LogP contribution in [0.15, 0.2) is 18.2 Å². The van der Waals surface area contributed by atoms with Crippen molar-refractivity contribution in [3.05, 3.63) is 35.1 Å². The minimum absolute atomic E-state index is 0.206. The van der Waals surface area contributed by atoms with Crippen LogP contribution in [0.1, 0.15) is 37.3 Å². The van der Waals surface area contributed by atoms with Crippen molar-refractivity contribution < 1.29 is 13.9 Å². The van der Waals surface area contributed by atoms with Crippen LogP contribution in [0.3, 0.4) is 0 Å². The lowest BCUT2D eigenvalue weighted by Gasteiger charge is -2.18. The summed E-state index contributed by atoms with van der Waals surface area (Å²) in [4.78, 5) is 0. The van der Waals surface area contributed by atoms with Gasteiger partial charge in [-0.05, 0) is 43.9 Å². The molecule has 1 saturated heterocycles. The van der Waals surface area contributed by atoms with E-state index in [2.05, 4.69) is 12.2 Å². The Labute approximate surface area is 120 Å². The van der Waals surface area contributed by atoms with E-state index in [9.17, 15) is 4.39 Å². The van der Waals surface area contributed by atoms with Gasteiger partial charge in [0.15, 0.2) is 0 Å². The molecule has 0 amide bonds. The fourth-order valence-electron chi connectivity index (χ4n) is 2.60. The Morgan fingerprint density at radius 3 is 3.05 bits per heavy atom. The average molecular weight is 281 g/mol. The molecule has 0 bridgehead atoms. The van der Waals surface area contributed by atoms with Gasteiger partial charge in [0.1, 0.15) is 5.82 Å². The fourth-order valence-corrected chi connectivity index (χ4v) is 2.60. The molecule has 0 unspecified atom stereocenters. The Hall–Kier alpha value is -0.970. The summed E-state index contributed by atoms with van der Waals surface area (Å²) < 4.78 is 24.1. The third-order valence-corrected chi connectivity index (χ3v) is 3.71. The Balaban J connectivity index is 1.81. The maximum Gasteiger partial charge on any atom is 0.128 e. The van der Waals surface area contributed by atoms with Crippen LogP contribution in [0.2, 0.25) is 0 Å². The van der Waals surface area contributed by atoms with Gasteiger partial charge in [-0.2, -0.15) is 0 Å². The van der Waals surface area contributed by atoms with Crippen LogP contribution in [-0.4, -0.2) is 25.9 Å². The predicted octanol–water partition coefficient (Wildman–Crippen LogP) is 3.02. The molecule has 1 aromatic rings. The number of benzene rings is 1. The summed E-state index contributed by atoms with van der Waals surface area (Å²) in [5.41, 5.74) is 1.69. The molecule has 0 radical (unpaired) electrons. The largest absolute Gasteiger partial charge is 0.380 e. The van der Waals surface area contributed by atoms with E-state index in [1.807, 2.05) is 12.1 Å². The third-order valence-electron chi connectivity index (χ3n) is 3.71. The molecular weight excluding hydrogens is 257 g/mol. The van der Waals surface area contributed by atoms with Crippen LogP contribution >= 0.6 is 0 Å². The minimum atomic E-state index is -0.206. The van der Waals surface area contributed by atoms with Gasteiger partial charge in [0.25, 0.3) is 0 Å². The number of hydrogen-bond donors (Lipinski definition) is 1. The van der Waals surface area contributed by atoms with E-state index < -0.39 is 0 Å². The quantitative estimate of drug-likeness (QED) is 0.833. The number of rotatable bonds is 7. The molecule has 1 aliphatic heterocycles. The smallest absolute Gasteiger partial charge is 0.128 e. The minimum Gasteiger partial charge on any atom is -0.380 e. The molecule has 0 aromatic heterocycles. The summed E-state index contributed by atoms with van der Waals surface area (Å²) in [6, 6.07) is 5.59. The molecule has 1 aromatic carbocycles. The molecule has 4 heteroatoms. The Morgan fingerprint density at radius 2 is 2.35 bits per heavy atom. The van der Waals surface area contributed by atoms with E-state index in [1.54, 1.807) is 7.11 Å². The molecule has 2 atom stereocenters. The number of nitrogens with one attached hydrogen (secondary N) is 1. The second-order valence-electron chi connectivity index (χ2n) is 5.51. The Bertz CT molecular complexity index is 419. The zero-order chi connectivity index (χ0) is 14.4. The predicted molar refractivity (Wildman–Crippen MR) is 77.0 cm³/mol. The number of halogens is 1. The highest BCUT2D eigenvalue weighted by atomic mass is 19.1. The highest BCUT2D eigenvalue weighted by molar-refractivity contribution is 5.24. The summed E-state index contributed by atoms with van der Waals surface area (Å²) in [7, 11) is 1.58. The first-order chi connectivity index (χ1) is 9.69. The molecule has 0 saturated carbocycles. The summed E-state index contributed by atoms with van der Waals surface area (Å²) >= 11 is 0. The molecule has 0 aliphatic carbocycles. The van der Waals surface area contributed by atoms with Gasteiger partial charge in [-0.3, -0.25) is 0 Å². The SMILES string of the molecule is COCc1cc(CN[C@@H](C)C[C@H]2CCCO2)ccc1F. The summed E-state index contributed by atoms with van der Waals surface area (Å²) in [5, 5.41) is 3.47. The molecule has 1 fully saturated rings. The first kappa shape index (κ1) is 15.4. The Kier molecular flexibility index (Phi) is 5.95. The van der Waals surface area contributed by atoms with Crippen LogP contribution in [-0.2, 0) is 22.6 Å². The third kappa shape index (κ3) is 4.54. The van der Waals surface area contributed by atoms with Gasteiger partial charge in [0.2, 0.25) is 0 Å². The number of ether oxygens (including phenoxy) is 2. The van der Waals surface area contributed by atoms with Crippen LogP contribution < -0.4 is 5.32 Å². The summed E-state index contributed by atoms with van der Waals surface area (Å²) in [6.45, 7) is 4.12. The van der Waals surface area contributed by atoms with Crippen molar-refractivity contribution in [3.63, 3.8) is 0 Å². The van der Waals surface area contributed by atoms with Gasteiger partial charge >= 0.3 is 0 Å². The molecule has 112 valence electrons. The lowest BCUT2D eigenvalue weighted by molar-refractivity contribution is 0.0961. The highest BCUT2D eigenvalue weighted by Crippen LogP contribution is 2.17. The lowest BCUT2D eigenvalue weighted by atomic mass is 10.1. The maximum absolute atomic E-state index is 13.5. The molecule has 0 spiro atoms. The summed E-state index contributed by atoms with van der Waals surface area (Å²) in [5.74, 6) is -0.206. The van der Waals surface area contributed by atoms with E-state index in [1.165, 1.54) is 18.9 Å². The monoisotopic (exact) mass is 281 g/mol. The van der Waals surface area contributed by atoms with E-state index in [-0.39, 0.29) is 5.82 Å². The van der Waals surface area contributed by atoms with Gasteiger partial charge in [-0.25, -0.2) is 4.39 Å². The average Bonchev–Trinajstić information content (AvgIpc) is 2.93. The van der Waals surface area contributed by atoms with Crippen LogP contribution in [0.4, 0.5) is 4.39 Å². The van der Waals surface area contributed by atoms with Crippen LogP contribution in [0, 0.1) is 5.82 Å². The lowest BCUT2D eigenvalue weighted by Crippen LogP contribution is -2.29. The second kappa shape index (κ2) is 7.72. The topological polar surface area (TPSA) is 30.5 Å². The molecule has 1 N–H and O–H groups in total. The van der Waals surface area contributed by atoms with Crippen molar-refractivity contribution in [2.75, 3.05) is 13.7 Å². The van der Waals surface area contributed by atoms with Crippen molar-refractivity contribution >= 4 is 0 Å². The van der Waals surface area contributed by atoms with E-state index in [0.717, 1.165) is 25.1 Å². The van der Waals surface area contributed by atoms with E-state index in [0.29, 0.717) is 24.3 Å².